The Morgan fingerprint density at radius 3 is 2.58 bits per heavy atom. The number of hydrogen-bond donors (Lipinski definition) is 2. The van der Waals surface area contributed by atoms with Crippen LogP contribution in [-0.4, -0.2) is 46.6 Å². The van der Waals surface area contributed by atoms with Gasteiger partial charge >= 0.3 is 5.97 Å². The van der Waals surface area contributed by atoms with Crippen molar-refractivity contribution in [2.45, 2.75) is 31.8 Å². The van der Waals surface area contributed by atoms with Crippen LogP contribution in [0.5, 0.6) is 0 Å². The third-order valence-electron chi connectivity index (χ3n) is 2.57. The average Bonchev–Trinajstić information content (AvgIpc) is 2.67. The first-order chi connectivity index (χ1) is 8.73. The molecule has 1 heterocycles. The topological polar surface area (TPSA) is 103 Å². The van der Waals surface area contributed by atoms with E-state index in [2.05, 4.69) is 16.8 Å². The number of sulfonamides is 1. The molecule has 106 valence electrons. The van der Waals surface area contributed by atoms with Crippen molar-refractivity contribution < 1.29 is 18.3 Å². The summed E-state index contributed by atoms with van der Waals surface area (Å²) in [5, 5.41) is 14.6. The number of aryl methyl sites for hydroxylation is 1. The van der Waals surface area contributed by atoms with Crippen molar-refractivity contribution in [2.24, 2.45) is 0 Å². The van der Waals surface area contributed by atoms with Gasteiger partial charge in [0, 0.05) is 18.3 Å². The number of hydrogen-bond acceptors (Lipinski definition) is 4. The second kappa shape index (κ2) is 5.54. The molecule has 0 radical (unpaired) electrons. The van der Waals surface area contributed by atoms with E-state index in [-0.39, 0.29) is 23.8 Å². The van der Waals surface area contributed by atoms with E-state index in [4.69, 9.17) is 5.11 Å². The van der Waals surface area contributed by atoms with Crippen LogP contribution < -0.4 is 0 Å². The van der Waals surface area contributed by atoms with Gasteiger partial charge < -0.3 is 5.11 Å². The fourth-order valence-electron chi connectivity index (χ4n) is 1.67. The van der Waals surface area contributed by atoms with Crippen molar-refractivity contribution in [1.29, 1.82) is 0 Å². The van der Waals surface area contributed by atoms with Crippen molar-refractivity contribution in [3.8, 4) is 0 Å². The fourth-order valence-corrected chi connectivity index (χ4v) is 3.41. The van der Waals surface area contributed by atoms with Crippen LogP contribution in [0.3, 0.4) is 0 Å². The van der Waals surface area contributed by atoms with E-state index in [1.54, 1.807) is 13.8 Å². The van der Waals surface area contributed by atoms with E-state index >= 15 is 0 Å². The molecule has 0 fully saturated rings. The third-order valence-corrected chi connectivity index (χ3v) is 4.54. The van der Waals surface area contributed by atoms with E-state index in [0.29, 0.717) is 0 Å². The van der Waals surface area contributed by atoms with Gasteiger partial charge in [-0.3, -0.25) is 5.10 Å². The van der Waals surface area contributed by atoms with Gasteiger partial charge in [0.25, 0.3) is 10.0 Å². The molecule has 0 aliphatic carbocycles. The molecule has 0 saturated heterocycles. The fraction of sp³-hybridized carbons (Fsp3) is 0.455. The maximum Gasteiger partial charge on any atom is 0.340 e. The molecule has 1 rings (SSSR count). The molecule has 0 aliphatic rings. The Morgan fingerprint density at radius 1 is 1.58 bits per heavy atom. The lowest BCUT2D eigenvalue weighted by Crippen LogP contribution is -2.37. The molecule has 0 spiro atoms. The minimum absolute atomic E-state index is 0.0883. The van der Waals surface area contributed by atoms with Gasteiger partial charge in [-0.1, -0.05) is 6.08 Å². The Bertz CT molecular complexity index is 589. The maximum absolute atomic E-state index is 12.4. The first-order valence-electron chi connectivity index (χ1n) is 5.64. The third kappa shape index (κ3) is 2.85. The molecule has 0 atom stereocenters. The predicted octanol–water partition coefficient (Wildman–Crippen LogP) is 1.00. The lowest BCUT2D eigenvalue weighted by atomic mass is 10.3. The van der Waals surface area contributed by atoms with Gasteiger partial charge in [-0.25, -0.2) is 13.2 Å². The van der Waals surface area contributed by atoms with Gasteiger partial charge in [0.2, 0.25) is 5.03 Å². The van der Waals surface area contributed by atoms with Gasteiger partial charge in [-0.05, 0) is 20.8 Å². The molecule has 0 aromatic carbocycles. The lowest BCUT2D eigenvalue weighted by molar-refractivity contribution is 0.0691. The number of H-pyrrole nitrogens is 1. The summed E-state index contributed by atoms with van der Waals surface area (Å²) < 4.78 is 26.0. The van der Waals surface area contributed by atoms with Crippen LogP contribution in [0.1, 0.15) is 29.9 Å². The molecule has 0 aliphatic heterocycles. The number of nitrogens with one attached hydrogen (secondary N) is 1. The first-order valence-corrected chi connectivity index (χ1v) is 7.08. The highest BCUT2D eigenvalue weighted by Gasteiger charge is 2.34. The summed E-state index contributed by atoms with van der Waals surface area (Å²) in [4.78, 5) is 11.1. The molecule has 8 heteroatoms. The number of carboxylic acids is 1. The molecule has 7 nitrogen and oxygen atoms in total. The standard InChI is InChI=1S/C11H17N3O4S/c1-5-6-14(7(2)3)19(17,18)10-9(11(15)16)8(4)12-13-10/h5,7H,1,6H2,2-4H3,(H,12,13)(H,15,16). The molecule has 1 aromatic rings. The van der Waals surface area contributed by atoms with Crippen molar-refractivity contribution >= 4 is 16.0 Å². The molecule has 0 bridgehead atoms. The Morgan fingerprint density at radius 2 is 2.16 bits per heavy atom. The Kier molecular flexibility index (Phi) is 4.48. The molecular formula is C11H17N3O4S. The minimum Gasteiger partial charge on any atom is -0.478 e. The van der Waals surface area contributed by atoms with E-state index in [9.17, 15) is 13.2 Å². The average molecular weight is 287 g/mol. The number of carbonyl (C=O) groups is 1. The van der Waals surface area contributed by atoms with Crippen molar-refractivity contribution in [3.63, 3.8) is 0 Å². The minimum atomic E-state index is -3.98. The number of carboxylic acid groups (broad SMARTS) is 1. The van der Waals surface area contributed by atoms with E-state index in [1.165, 1.54) is 13.0 Å². The zero-order valence-corrected chi connectivity index (χ0v) is 11.9. The molecular weight excluding hydrogens is 270 g/mol. The molecule has 19 heavy (non-hydrogen) atoms. The van der Waals surface area contributed by atoms with Crippen LogP contribution in [0.15, 0.2) is 17.7 Å². The monoisotopic (exact) mass is 287 g/mol. The Labute approximate surface area is 112 Å². The Hall–Kier alpha value is -1.67. The highest BCUT2D eigenvalue weighted by Crippen LogP contribution is 2.22. The number of nitrogens with zero attached hydrogens (tertiary/aromatic N) is 2. The molecule has 1 aromatic heterocycles. The zero-order chi connectivity index (χ0) is 14.8. The Balaban J connectivity index is 3.42. The quantitative estimate of drug-likeness (QED) is 0.760. The van der Waals surface area contributed by atoms with Crippen molar-refractivity contribution in [1.82, 2.24) is 14.5 Å². The van der Waals surface area contributed by atoms with Gasteiger partial charge in [0.1, 0.15) is 5.56 Å². The lowest BCUT2D eigenvalue weighted by Gasteiger charge is -2.23. The summed E-state index contributed by atoms with van der Waals surface area (Å²) in [5.41, 5.74) is -0.122. The highest BCUT2D eigenvalue weighted by atomic mass is 32.2. The number of aromatic carboxylic acids is 1. The van der Waals surface area contributed by atoms with Crippen LogP contribution in [0, 0.1) is 6.92 Å². The summed E-state index contributed by atoms with van der Waals surface area (Å²) in [6.07, 6.45) is 1.44. The smallest absolute Gasteiger partial charge is 0.340 e. The normalized spacial score (nSPS) is 12.1. The van der Waals surface area contributed by atoms with Crippen LogP contribution in [0.25, 0.3) is 0 Å². The molecule has 0 unspecified atom stereocenters. The van der Waals surface area contributed by atoms with E-state index in [0.717, 1.165) is 4.31 Å². The second-order valence-electron chi connectivity index (χ2n) is 4.29. The van der Waals surface area contributed by atoms with Crippen LogP contribution in [0.4, 0.5) is 0 Å². The van der Waals surface area contributed by atoms with Crippen LogP contribution in [-0.2, 0) is 10.0 Å². The number of rotatable bonds is 6. The van der Waals surface area contributed by atoms with Crippen molar-refractivity contribution in [2.75, 3.05) is 6.54 Å². The van der Waals surface area contributed by atoms with Gasteiger partial charge in [-0.2, -0.15) is 9.40 Å². The van der Waals surface area contributed by atoms with Gasteiger partial charge in [0.05, 0.1) is 0 Å². The largest absolute Gasteiger partial charge is 0.478 e. The summed E-state index contributed by atoms with van der Waals surface area (Å²) in [7, 11) is -3.98. The summed E-state index contributed by atoms with van der Waals surface area (Å²) >= 11 is 0. The summed E-state index contributed by atoms with van der Waals surface area (Å²) in [6, 6.07) is -0.332. The SMILES string of the molecule is C=CCN(C(C)C)S(=O)(=O)c1n[nH]c(C)c1C(=O)O. The zero-order valence-electron chi connectivity index (χ0n) is 11.0. The molecule has 0 amide bonds. The molecule has 0 saturated carbocycles. The van der Waals surface area contributed by atoms with Gasteiger partial charge in [0.15, 0.2) is 0 Å². The number of aromatic amines is 1. The maximum atomic E-state index is 12.4. The number of aromatic nitrogens is 2. The summed E-state index contributed by atoms with van der Waals surface area (Å²) in [6.45, 7) is 8.44. The van der Waals surface area contributed by atoms with E-state index < -0.39 is 21.0 Å². The second-order valence-corrected chi connectivity index (χ2v) is 6.10. The van der Waals surface area contributed by atoms with Crippen molar-refractivity contribution in [3.05, 3.63) is 23.9 Å². The van der Waals surface area contributed by atoms with E-state index in [1.807, 2.05) is 0 Å². The predicted molar refractivity (Wildman–Crippen MR) is 69.5 cm³/mol. The highest BCUT2D eigenvalue weighted by molar-refractivity contribution is 7.89. The van der Waals surface area contributed by atoms with Crippen LogP contribution >= 0.6 is 0 Å². The summed E-state index contributed by atoms with van der Waals surface area (Å²) in [5.74, 6) is -1.33. The van der Waals surface area contributed by atoms with Crippen LogP contribution in [0.2, 0.25) is 0 Å². The first kappa shape index (κ1) is 15.4. The molecule has 2 N–H and O–H groups in total. The van der Waals surface area contributed by atoms with Gasteiger partial charge in [-0.15, -0.1) is 6.58 Å².